The lowest BCUT2D eigenvalue weighted by Gasteiger charge is -2.20. The fourth-order valence-electron chi connectivity index (χ4n) is 3.87. The van der Waals surface area contributed by atoms with E-state index in [0.717, 1.165) is 21.3 Å². The lowest BCUT2D eigenvalue weighted by molar-refractivity contribution is 0.104. The maximum Gasteiger partial charge on any atom is 0.340 e. The first-order chi connectivity index (χ1) is 15.4. The van der Waals surface area contributed by atoms with Crippen molar-refractivity contribution in [2.75, 3.05) is 17.8 Å². The molecule has 0 aliphatic heterocycles. The van der Waals surface area contributed by atoms with Gasteiger partial charge in [-0.25, -0.2) is 14.8 Å². The van der Waals surface area contributed by atoms with Gasteiger partial charge in [-0.05, 0) is 32.0 Å². The first-order valence-electron chi connectivity index (χ1n) is 10.0. The molecule has 0 saturated carbocycles. The van der Waals surface area contributed by atoms with Gasteiger partial charge in [-0.3, -0.25) is 15.3 Å². The Labute approximate surface area is 188 Å². The molecule has 1 aliphatic rings. The standard InChI is InChI=1S/C23H20N6O2S/c1-12-22(32-13(2)24-12)20-18-19(26-27-20)15-10-7-11-16(17(15)21(18)30)25-23(31)29(3)28-14-8-5-4-6-9-14/h4-11,28H,1-3H3,(H,25,31)(H,26,27). The van der Waals surface area contributed by atoms with Crippen molar-refractivity contribution < 1.29 is 9.59 Å². The highest BCUT2D eigenvalue weighted by Crippen LogP contribution is 2.44. The van der Waals surface area contributed by atoms with E-state index in [-0.39, 0.29) is 5.78 Å². The van der Waals surface area contributed by atoms with Crippen LogP contribution in [-0.2, 0) is 0 Å². The number of para-hydroxylation sites is 1. The van der Waals surface area contributed by atoms with Crippen LogP contribution >= 0.6 is 11.3 Å². The molecule has 160 valence electrons. The highest BCUT2D eigenvalue weighted by atomic mass is 32.1. The number of carbonyl (C=O) groups excluding carboxylic acids is 2. The van der Waals surface area contributed by atoms with Gasteiger partial charge in [0.15, 0.2) is 5.78 Å². The summed E-state index contributed by atoms with van der Waals surface area (Å²) >= 11 is 1.52. The zero-order valence-corrected chi connectivity index (χ0v) is 18.5. The van der Waals surface area contributed by atoms with Crippen LogP contribution in [-0.4, -0.2) is 39.1 Å². The number of urea groups is 1. The molecule has 0 saturated heterocycles. The second kappa shape index (κ2) is 7.61. The molecule has 2 aromatic carbocycles. The van der Waals surface area contributed by atoms with E-state index in [0.29, 0.717) is 33.8 Å². The zero-order chi connectivity index (χ0) is 22.4. The van der Waals surface area contributed by atoms with Crippen LogP contribution in [0.4, 0.5) is 16.2 Å². The number of carbonyl (C=O) groups is 2. The molecule has 9 heteroatoms. The number of thiazole rings is 1. The smallest absolute Gasteiger partial charge is 0.306 e. The topological polar surface area (TPSA) is 103 Å². The maximum absolute atomic E-state index is 13.5. The van der Waals surface area contributed by atoms with Crippen molar-refractivity contribution in [3.05, 3.63) is 70.4 Å². The number of aryl methyl sites for hydroxylation is 2. The van der Waals surface area contributed by atoms with Gasteiger partial charge in [0.25, 0.3) is 0 Å². The number of aromatic nitrogens is 3. The van der Waals surface area contributed by atoms with Crippen molar-refractivity contribution in [1.29, 1.82) is 0 Å². The fourth-order valence-corrected chi connectivity index (χ4v) is 4.79. The van der Waals surface area contributed by atoms with E-state index in [9.17, 15) is 9.59 Å². The number of H-pyrrole nitrogens is 1. The Hall–Kier alpha value is -3.98. The minimum atomic E-state index is -0.393. The van der Waals surface area contributed by atoms with Crippen LogP contribution in [0.2, 0.25) is 0 Å². The summed E-state index contributed by atoms with van der Waals surface area (Å²) < 4.78 is 0. The molecule has 0 bridgehead atoms. The van der Waals surface area contributed by atoms with E-state index < -0.39 is 6.03 Å². The number of ketones is 1. The van der Waals surface area contributed by atoms with Gasteiger partial charge in [-0.1, -0.05) is 30.3 Å². The number of nitrogens with zero attached hydrogens (tertiary/aromatic N) is 3. The SMILES string of the molecule is Cc1nc(C)c(-c2[nH]nc3c2C(=O)c2c(NC(=O)N(C)Nc4ccccc4)cccc2-3)s1. The van der Waals surface area contributed by atoms with Crippen LogP contribution in [0, 0.1) is 13.8 Å². The Bertz CT molecular complexity index is 1360. The molecule has 5 rings (SSSR count). The van der Waals surface area contributed by atoms with Crippen molar-refractivity contribution in [1.82, 2.24) is 20.2 Å². The number of benzene rings is 2. The summed E-state index contributed by atoms with van der Waals surface area (Å²) in [6.07, 6.45) is 0. The first-order valence-corrected chi connectivity index (χ1v) is 10.8. The highest BCUT2D eigenvalue weighted by molar-refractivity contribution is 7.15. The number of rotatable bonds is 4. The van der Waals surface area contributed by atoms with Crippen LogP contribution in [0.25, 0.3) is 21.8 Å². The summed E-state index contributed by atoms with van der Waals surface area (Å²) in [5.41, 5.74) is 8.00. The number of amides is 2. The van der Waals surface area contributed by atoms with Gasteiger partial charge >= 0.3 is 6.03 Å². The van der Waals surface area contributed by atoms with Crippen LogP contribution in [0.15, 0.2) is 48.5 Å². The maximum atomic E-state index is 13.5. The average Bonchev–Trinajstić information content (AvgIpc) is 3.43. The third kappa shape index (κ3) is 3.23. The quantitative estimate of drug-likeness (QED) is 0.344. The van der Waals surface area contributed by atoms with Crippen LogP contribution < -0.4 is 10.7 Å². The number of fused-ring (bicyclic) bond motifs is 3. The van der Waals surface area contributed by atoms with Crippen LogP contribution in [0.5, 0.6) is 0 Å². The fraction of sp³-hybridized carbons (Fsp3) is 0.130. The number of hydrogen-bond donors (Lipinski definition) is 3. The summed E-state index contributed by atoms with van der Waals surface area (Å²) in [6, 6.07) is 14.3. The van der Waals surface area contributed by atoms with Gasteiger partial charge in [0.2, 0.25) is 0 Å². The molecule has 2 amide bonds. The molecule has 0 fully saturated rings. The molecule has 2 heterocycles. The Kier molecular flexibility index (Phi) is 4.75. The van der Waals surface area contributed by atoms with E-state index >= 15 is 0 Å². The van der Waals surface area contributed by atoms with Gasteiger partial charge in [0, 0.05) is 12.6 Å². The van der Waals surface area contributed by atoms with Gasteiger partial charge in [0.1, 0.15) is 5.69 Å². The molecule has 8 nitrogen and oxygen atoms in total. The van der Waals surface area contributed by atoms with Crippen molar-refractivity contribution in [3.63, 3.8) is 0 Å². The summed E-state index contributed by atoms with van der Waals surface area (Å²) in [5, 5.41) is 12.5. The molecule has 0 atom stereocenters. The first kappa shape index (κ1) is 20.0. The van der Waals surface area contributed by atoms with Gasteiger partial charge in [-0.15, -0.1) is 11.3 Å². The summed E-state index contributed by atoms with van der Waals surface area (Å²) in [5.74, 6) is -0.168. The van der Waals surface area contributed by atoms with Crippen molar-refractivity contribution in [2.45, 2.75) is 13.8 Å². The van der Waals surface area contributed by atoms with E-state index in [1.165, 1.54) is 16.3 Å². The monoisotopic (exact) mass is 444 g/mol. The second-order valence-electron chi connectivity index (χ2n) is 7.49. The Morgan fingerprint density at radius 2 is 1.84 bits per heavy atom. The number of aromatic amines is 1. The van der Waals surface area contributed by atoms with Gasteiger partial charge in [0.05, 0.1) is 43.8 Å². The molecule has 3 N–H and O–H groups in total. The molecule has 32 heavy (non-hydrogen) atoms. The number of hydrazine groups is 1. The molecule has 0 radical (unpaired) electrons. The lowest BCUT2D eigenvalue weighted by atomic mass is 10.1. The van der Waals surface area contributed by atoms with Crippen LogP contribution in [0.1, 0.15) is 26.6 Å². The molecule has 1 aliphatic carbocycles. The van der Waals surface area contributed by atoms with E-state index in [2.05, 4.69) is 25.9 Å². The molecule has 0 spiro atoms. The minimum absolute atomic E-state index is 0.168. The Morgan fingerprint density at radius 3 is 2.56 bits per heavy atom. The second-order valence-corrected chi connectivity index (χ2v) is 8.70. The molecule has 4 aromatic rings. The van der Waals surface area contributed by atoms with Crippen molar-refractivity contribution >= 4 is 34.5 Å². The Morgan fingerprint density at radius 1 is 1.06 bits per heavy atom. The summed E-state index contributed by atoms with van der Waals surface area (Å²) in [4.78, 5) is 31.6. The lowest BCUT2D eigenvalue weighted by Crippen LogP contribution is -2.36. The number of nitrogens with one attached hydrogen (secondary N) is 3. The molecular formula is C23H20N6O2S. The predicted molar refractivity (Wildman–Crippen MR) is 125 cm³/mol. The third-order valence-electron chi connectivity index (χ3n) is 5.29. The van der Waals surface area contributed by atoms with Gasteiger partial charge in [-0.2, -0.15) is 5.10 Å². The van der Waals surface area contributed by atoms with Crippen LogP contribution in [0.3, 0.4) is 0 Å². The minimum Gasteiger partial charge on any atom is -0.306 e. The van der Waals surface area contributed by atoms with E-state index in [1.54, 1.807) is 19.2 Å². The third-order valence-corrected chi connectivity index (χ3v) is 6.38. The number of hydrogen-bond acceptors (Lipinski definition) is 6. The molecule has 0 unspecified atom stereocenters. The normalized spacial score (nSPS) is 11.8. The summed E-state index contributed by atoms with van der Waals surface area (Å²) in [7, 11) is 1.62. The summed E-state index contributed by atoms with van der Waals surface area (Å²) in [6.45, 7) is 3.85. The largest absolute Gasteiger partial charge is 0.340 e. The van der Waals surface area contributed by atoms with Gasteiger partial charge < -0.3 is 5.32 Å². The van der Waals surface area contributed by atoms with Crippen molar-refractivity contribution in [2.24, 2.45) is 0 Å². The zero-order valence-electron chi connectivity index (χ0n) is 17.7. The van der Waals surface area contributed by atoms with Crippen molar-refractivity contribution in [3.8, 4) is 21.8 Å². The predicted octanol–water partition coefficient (Wildman–Crippen LogP) is 4.85. The number of anilines is 2. The van der Waals surface area contributed by atoms with E-state index in [1.807, 2.05) is 50.2 Å². The molecular weight excluding hydrogens is 424 g/mol. The molecule has 2 aromatic heterocycles. The Balaban J connectivity index is 1.45. The average molecular weight is 445 g/mol. The highest BCUT2D eigenvalue weighted by Gasteiger charge is 2.36. The van der Waals surface area contributed by atoms with E-state index in [4.69, 9.17) is 0 Å².